The number of benzene rings is 2. The van der Waals surface area contributed by atoms with E-state index < -0.39 is 0 Å². The van der Waals surface area contributed by atoms with Crippen molar-refractivity contribution < 1.29 is 0 Å². The van der Waals surface area contributed by atoms with Crippen LogP contribution in [0.5, 0.6) is 0 Å². The van der Waals surface area contributed by atoms with Gasteiger partial charge in [0.2, 0.25) is 0 Å². The molecule has 0 aromatic heterocycles. The number of allylic oxidation sites excluding steroid dienone is 1. The van der Waals surface area contributed by atoms with Gasteiger partial charge in [0.1, 0.15) is 0 Å². The molecule has 0 aliphatic carbocycles. The van der Waals surface area contributed by atoms with Crippen LogP contribution in [0.15, 0.2) is 91.0 Å². The highest BCUT2D eigenvalue weighted by atomic mass is 14.8. The maximum atomic E-state index is 4.85. The summed E-state index contributed by atoms with van der Waals surface area (Å²) in [6.45, 7) is 7.74. The molecule has 0 heterocycles. The predicted molar refractivity (Wildman–Crippen MR) is 87.2 cm³/mol. The molecule has 1 unspecified atom stereocenters. The third kappa shape index (κ3) is 3.55. The van der Waals surface area contributed by atoms with Gasteiger partial charge in [0.25, 0.3) is 0 Å². The Hall–Kier alpha value is -2.41. The van der Waals surface area contributed by atoms with Gasteiger partial charge in [0, 0.05) is 12.1 Å². The van der Waals surface area contributed by atoms with E-state index in [0.29, 0.717) is 0 Å². The zero-order valence-corrected chi connectivity index (χ0v) is 11.6. The normalized spacial score (nSPS) is 12.7. The molecule has 1 atom stereocenters. The summed E-state index contributed by atoms with van der Waals surface area (Å²) in [5.41, 5.74) is 3.32. The second kappa shape index (κ2) is 7.25. The zero-order chi connectivity index (χ0) is 14.2. The Bertz CT molecular complexity index is 582. The van der Waals surface area contributed by atoms with Gasteiger partial charge >= 0.3 is 0 Å². The van der Waals surface area contributed by atoms with Gasteiger partial charge in [-0.1, -0.05) is 72.8 Å². The van der Waals surface area contributed by atoms with E-state index in [-0.39, 0.29) is 6.04 Å². The summed E-state index contributed by atoms with van der Waals surface area (Å²) in [6, 6.07) is 20.4. The largest absolute Gasteiger partial charge is 0.277 e. The summed E-state index contributed by atoms with van der Waals surface area (Å²) in [6.07, 6.45) is 4.51. The van der Waals surface area contributed by atoms with Crippen molar-refractivity contribution in [2.24, 2.45) is 4.99 Å². The third-order valence-electron chi connectivity index (χ3n) is 3.10. The highest BCUT2D eigenvalue weighted by molar-refractivity contribution is 6.01. The van der Waals surface area contributed by atoms with E-state index in [9.17, 15) is 0 Å². The lowest BCUT2D eigenvalue weighted by atomic mass is 10.0. The van der Waals surface area contributed by atoms with Crippen LogP contribution in [0, 0.1) is 0 Å². The lowest BCUT2D eigenvalue weighted by Crippen LogP contribution is -2.03. The van der Waals surface area contributed by atoms with Gasteiger partial charge in [-0.2, -0.15) is 0 Å². The molecule has 100 valence electrons. The van der Waals surface area contributed by atoms with Gasteiger partial charge in [-0.3, -0.25) is 4.99 Å². The van der Waals surface area contributed by atoms with Gasteiger partial charge in [0.05, 0.1) is 6.04 Å². The topological polar surface area (TPSA) is 12.4 Å². The van der Waals surface area contributed by atoms with Crippen molar-refractivity contribution >= 4 is 5.71 Å². The van der Waals surface area contributed by atoms with Crippen LogP contribution in [0.3, 0.4) is 0 Å². The average molecular weight is 261 g/mol. The Morgan fingerprint density at radius 3 is 2.10 bits per heavy atom. The first-order valence-corrected chi connectivity index (χ1v) is 6.75. The molecular formula is C19H19N. The molecule has 0 saturated carbocycles. The second-order valence-electron chi connectivity index (χ2n) is 4.53. The molecule has 0 radical (unpaired) electrons. The summed E-state index contributed by atoms with van der Waals surface area (Å²) in [7, 11) is 0. The minimum atomic E-state index is -0.0219. The van der Waals surface area contributed by atoms with Crippen LogP contribution in [0.2, 0.25) is 0 Å². The fraction of sp³-hybridized carbons (Fsp3) is 0.105. The quantitative estimate of drug-likeness (QED) is 0.513. The molecule has 1 nitrogen and oxygen atoms in total. The average Bonchev–Trinajstić information content (AvgIpc) is 2.53. The van der Waals surface area contributed by atoms with E-state index in [1.165, 1.54) is 0 Å². The highest BCUT2D eigenvalue weighted by Crippen LogP contribution is 2.20. The summed E-state index contributed by atoms with van der Waals surface area (Å²) < 4.78 is 0. The van der Waals surface area contributed by atoms with Crippen molar-refractivity contribution in [2.75, 3.05) is 0 Å². The van der Waals surface area contributed by atoms with Crippen molar-refractivity contribution in [2.45, 2.75) is 12.5 Å². The zero-order valence-electron chi connectivity index (χ0n) is 11.6. The van der Waals surface area contributed by atoms with E-state index in [1.807, 2.05) is 48.6 Å². The maximum absolute atomic E-state index is 4.85. The molecule has 0 aliphatic heterocycles. The molecule has 0 amide bonds. The van der Waals surface area contributed by atoms with Crippen LogP contribution in [-0.2, 0) is 0 Å². The molecule has 0 aliphatic rings. The Morgan fingerprint density at radius 1 is 0.950 bits per heavy atom. The van der Waals surface area contributed by atoms with Crippen molar-refractivity contribution in [1.29, 1.82) is 0 Å². The number of nitrogens with zero attached hydrogens (tertiary/aromatic N) is 1. The molecule has 0 bridgehead atoms. The van der Waals surface area contributed by atoms with Crippen LogP contribution in [0.1, 0.15) is 23.6 Å². The highest BCUT2D eigenvalue weighted by Gasteiger charge is 2.08. The molecule has 2 aromatic rings. The molecule has 20 heavy (non-hydrogen) atoms. The number of hydrogen-bond donors (Lipinski definition) is 0. The van der Waals surface area contributed by atoms with Gasteiger partial charge in [0.15, 0.2) is 0 Å². The van der Waals surface area contributed by atoms with Gasteiger partial charge in [-0.25, -0.2) is 0 Å². The fourth-order valence-electron chi connectivity index (χ4n) is 2.09. The van der Waals surface area contributed by atoms with Crippen LogP contribution < -0.4 is 0 Å². The Labute approximate surface area is 121 Å². The summed E-state index contributed by atoms with van der Waals surface area (Å²) >= 11 is 0. The first kappa shape index (κ1) is 14.0. The number of rotatable bonds is 6. The molecule has 2 aromatic carbocycles. The van der Waals surface area contributed by atoms with Crippen molar-refractivity contribution in [3.63, 3.8) is 0 Å². The fourth-order valence-corrected chi connectivity index (χ4v) is 2.09. The first-order chi connectivity index (χ1) is 9.85. The second-order valence-corrected chi connectivity index (χ2v) is 4.53. The number of aliphatic imine (C=N–C) groups is 1. The van der Waals surface area contributed by atoms with Gasteiger partial charge in [-0.15, -0.1) is 13.2 Å². The summed E-state index contributed by atoms with van der Waals surface area (Å²) in [5, 5.41) is 0. The molecule has 0 N–H and O–H groups in total. The van der Waals surface area contributed by atoms with Crippen LogP contribution in [0.4, 0.5) is 0 Å². The standard InChI is InChI=1S/C19H19N/c1-3-11-19(17-14-9-6-10-15-17)20-18(4-2)16-12-7-5-8-13-16/h3-10,12-15,18H,1-2,11H2. The SMILES string of the molecule is C=CCC(=NC(C=C)c1ccccc1)c1ccccc1. The van der Waals surface area contributed by atoms with Gasteiger partial charge in [-0.05, 0) is 11.1 Å². The predicted octanol–water partition coefficient (Wildman–Crippen LogP) is 4.98. The number of hydrogen-bond acceptors (Lipinski definition) is 1. The van der Waals surface area contributed by atoms with E-state index >= 15 is 0 Å². The lowest BCUT2D eigenvalue weighted by Gasteiger charge is -2.12. The summed E-state index contributed by atoms with van der Waals surface area (Å²) in [4.78, 5) is 4.85. The van der Waals surface area contributed by atoms with Crippen LogP contribution in [0.25, 0.3) is 0 Å². The van der Waals surface area contributed by atoms with Crippen LogP contribution >= 0.6 is 0 Å². The van der Waals surface area contributed by atoms with Crippen molar-refractivity contribution in [3.05, 3.63) is 97.1 Å². The molecule has 1 heteroatoms. The third-order valence-corrected chi connectivity index (χ3v) is 3.10. The van der Waals surface area contributed by atoms with E-state index in [4.69, 9.17) is 4.99 Å². The Kier molecular flexibility index (Phi) is 5.08. The monoisotopic (exact) mass is 261 g/mol. The smallest absolute Gasteiger partial charge is 0.0931 e. The molecule has 0 spiro atoms. The van der Waals surface area contributed by atoms with Crippen LogP contribution in [-0.4, -0.2) is 5.71 Å². The Balaban J connectivity index is 2.37. The lowest BCUT2D eigenvalue weighted by molar-refractivity contribution is 0.910. The van der Waals surface area contributed by atoms with E-state index in [2.05, 4.69) is 37.4 Å². The van der Waals surface area contributed by atoms with Crippen molar-refractivity contribution in [3.8, 4) is 0 Å². The van der Waals surface area contributed by atoms with E-state index in [0.717, 1.165) is 23.3 Å². The molecular weight excluding hydrogens is 242 g/mol. The summed E-state index contributed by atoms with van der Waals surface area (Å²) in [5.74, 6) is 0. The van der Waals surface area contributed by atoms with E-state index in [1.54, 1.807) is 0 Å². The first-order valence-electron chi connectivity index (χ1n) is 6.75. The minimum absolute atomic E-state index is 0.0219. The minimum Gasteiger partial charge on any atom is -0.277 e. The molecule has 0 saturated heterocycles. The molecule has 2 rings (SSSR count). The molecule has 0 fully saturated rings. The van der Waals surface area contributed by atoms with Gasteiger partial charge < -0.3 is 0 Å². The van der Waals surface area contributed by atoms with Crippen molar-refractivity contribution in [1.82, 2.24) is 0 Å². The Morgan fingerprint density at radius 2 is 1.55 bits per heavy atom. The maximum Gasteiger partial charge on any atom is 0.0931 e.